The summed E-state index contributed by atoms with van der Waals surface area (Å²) >= 11 is 0. The lowest BCUT2D eigenvalue weighted by molar-refractivity contribution is 0.0788. The number of benzene rings is 1. The number of carbonyl (C=O) groups excluding carboxylic acids is 1. The number of nitrogens with zero attached hydrogens (tertiary/aromatic N) is 2. The fourth-order valence-corrected chi connectivity index (χ4v) is 3.51. The Morgan fingerprint density at radius 2 is 1.84 bits per heavy atom. The van der Waals surface area contributed by atoms with E-state index in [1.54, 1.807) is 34.7 Å². The average molecular weight is 342 g/mol. The molecule has 5 heteroatoms. The van der Waals surface area contributed by atoms with Crippen LogP contribution in [0, 0.1) is 5.82 Å². The van der Waals surface area contributed by atoms with Gasteiger partial charge in [0.1, 0.15) is 11.4 Å². The van der Waals surface area contributed by atoms with Gasteiger partial charge in [-0.15, -0.1) is 0 Å². The van der Waals surface area contributed by atoms with Crippen LogP contribution in [0.4, 0.5) is 4.39 Å². The predicted molar refractivity (Wildman–Crippen MR) is 95.4 cm³/mol. The largest absolute Gasteiger partial charge is 0.338 e. The first kappa shape index (κ1) is 17.4. The zero-order valence-corrected chi connectivity index (χ0v) is 14.8. The average Bonchev–Trinajstić information content (AvgIpc) is 3.07. The Kier molecular flexibility index (Phi) is 4.75. The van der Waals surface area contributed by atoms with Crippen LogP contribution in [0.5, 0.6) is 0 Å². The van der Waals surface area contributed by atoms with Crippen molar-refractivity contribution in [2.45, 2.75) is 32.1 Å². The molecule has 1 fully saturated rings. The highest BCUT2D eigenvalue weighted by Gasteiger charge is 2.29. The van der Waals surface area contributed by atoms with Gasteiger partial charge >= 0.3 is 0 Å². The van der Waals surface area contributed by atoms with Gasteiger partial charge < -0.3 is 9.47 Å². The van der Waals surface area contributed by atoms with Gasteiger partial charge in [0.05, 0.1) is 0 Å². The Bertz CT molecular complexity index is 840. The molecule has 0 radical (unpaired) electrons. The minimum absolute atomic E-state index is 0.184. The molecule has 2 heterocycles. The molecule has 1 aromatic carbocycles. The topological polar surface area (TPSA) is 42.3 Å². The molecule has 0 bridgehead atoms. The predicted octanol–water partition coefficient (Wildman–Crippen LogP) is 3.28. The molecule has 1 amide bonds. The van der Waals surface area contributed by atoms with Crippen molar-refractivity contribution in [3.63, 3.8) is 0 Å². The van der Waals surface area contributed by atoms with Crippen LogP contribution in [0.3, 0.4) is 0 Å². The first-order chi connectivity index (χ1) is 11.9. The molecule has 3 rings (SSSR count). The molecule has 0 unspecified atom stereocenters. The Morgan fingerprint density at radius 1 is 1.16 bits per heavy atom. The highest BCUT2D eigenvalue weighted by Crippen LogP contribution is 2.28. The third-order valence-electron chi connectivity index (χ3n) is 4.98. The quantitative estimate of drug-likeness (QED) is 0.859. The number of halogens is 1. The minimum Gasteiger partial charge on any atom is -0.338 e. The minimum atomic E-state index is -0.261. The van der Waals surface area contributed by atoms with Crippen molar-refractivity contribution < 1.29 is 9.18 Å². The van der Waals surface area contributed by atoms with Crippen molar-refractivity contribution in [3.05, 3.63) is 69.4 Å². The van der Waals surface area contributed by atoms with Crippen molar-refractivity contribution >= 4 is 5.91 Å². The van der Waals surface area contributed by atoms with Gasteiger partial charge in [-0.05, 0) is 42.2 Å². The van der Waals surface area contributed by atoms with Crippen LogP contribution in [-0.4, -0.2) is 28.5 Å². The number of hydrogen-bond donors (Lipinski definition) is 0. The summed E-state index contributed by atoms with van der Waals surface area (Å²) in [6.45, 7) is 5.20. The molecule has 1 aliphatic heterocycles. The zero-order valence-electron chi connectivity index (χ0n) is 14.8. The normalized spacial score (nSPS) is 17.3. The van der Waals surface area contributed by atoms with Gasteiger partial charge in [-0.25, -0.2) is 4.39 Å². The Hall–Kier alpha value is -2.43. The maximum atomic E-state index is 13.1. The summed E-state index contributed by atoms with van der Waals surface area (Å²) in [5.74, 6) is -0.0798. The van der Waals surface area contributed by atoms with Gasteiger partial charge in [-0.2, -0.15) is 0 Å². The van der Waals surface area contributed by atoms with E-state index in [9.17, 15) is 14.0 Å². The third kappa shape index (κ3) is 3.36. The fraction of sp³-hybridized carbons (Fsp3) is 0.400. The molecule has 1 atom stereocenters. The van der Waals surface area contributed by atoms with Crippen molar-refractivity contribution in [3.8, 4) is 0 Å². The lowest BCUT2D eigenvalue weighted by atomic mass is 9.98. The Balaban J connectivity index is 1.80. The van der Waals surface area contributed by atoms with E-state index in [1.165, 1.54) is 12.1 Å². The van der Waals surface area contributed by atoms with E-state index >= 15 is 0 Å². The van der Waals surface area contributed by atoms with Gasteiger partial charge in [-0.1, -0.05) is 26.0 Å². The SMILES string of the molecule is CC(C)c1ccc(C(=O)N2CC[C@H](c3ccc(F)cc3)C2)c(=O)n1C. The number of pyridine rings is 1. The molecule has 25 heavy (non-hydrogen) atoms. The smallest absolute Gasteiger partial charge is 0.263 e. The van der Waals surface area contributed by atoms with Gasteiger partial charge in [0, 0.05) is 31.7 Å². The Labute approximate surface area is 146 Å². The summed E-state index contributed by atoms with van der Waals surface area (Å²) in [7, 11) is 1.71. The van der Waals surface area contributed by atoms with Crippen molar-refractivity contribution in [1.29, 1.82) is 0 Å². The summed E-state index contributed by atoms with van der Waals surface area (Å²) in [5, 5.41) is 0. The second-order valence-corrected chi connectivity index (χ2v) is 6.98. The van der Waals surface area contributed by atoms with Crippen molar-refractivity contribution in [1.82, 2.24) is 9.47 Å². The lowest BCUT2D eigenvalue weighted by Gasteiger charge is -2.18. The number of carbonyl (C=O) groups is 1. The second-order valence-electron chi connectivity index (χ2n) is 6.98. The second kappa shape index (κ2) is 6.82. The molecule has 1 aliphatic rings. The molecule has 0 spiro atoms. The fourth-order valence-electron chi connectivity index (χ4n) is 3.51. The van der Waals surface area contributed by atoms with Crippen LogP contribution in [0.15, 0.2) is 41.2 Å². The molecule has 0 aliphatic carbocycles. The van der Waals surface area contributed by atoms with Crippen LogP contribution in [0.1, 0.15) is 53.7 Å². The molecule has 0 N–H and O–H groups in total. The maximum Gasteiger partial charge on any atom is 0.263 e. The molecular weight excluding hydrogens is 319 g/mol. The summed E-state index contributed by atoms with van der Waals surface area (Å²) in [6, 6.07) is 9.92. The number of aromatic nitrogens is 1. The van der Waals surface area contributed by atoms with Crippen LogP contribution < -0.4 is 5.56 Å². The zero-order chi connectivity index (χ0) is 18.1. The van der Waals surface area contributed by atoms with Crippen molar-refractivity contribution in [2.75, 3.05) is 13.1 Å². The monoisotopic (exact) mass is 342 g/mol. The summed E-state index contributed by atoms with van der Waals surface area (Å²) in [6.07, 6.45) is 0.821. The van der Waals surface area contributed by atoms with E-state index in [0.717, 1.165) is 17.7 Å². The van der Waals surface area contributed by atoms with Crippen LogP contribution >= 0.6 is 0 Å². The third-order valence-corrected chi connectivity index (χ3v) is 4.98. The summed E-state index contributed by atoms with van der Waals surface area (Å²) in [4.78, 5) is 27.1. The van der Waals surface area contributed by atoms with Gasteiger partial charge in [-0.3, -0.25) is 9.59 Å². The molecule has 2 aromatic rings. The van der Waals surface area contributed by atoms with E-state index in [2.05, 4.69) is 0 Å². The van der Waals surface area contributed by atoms with Gasteiger partial charge in [0.15, 0.2) is 0 Å². The van der Waals surface area contributed by atoms with E-state index < -0.39 is 0 Å². The highest BCUT2D eigenvalue weighted by molar-refractivity contribution is 5.94. The number of rotatable bonds is 3. The standard InChI is InChI=1S/C20H23FN2O2/c1-13(2)18-9-8-17(19(24)22(18)3)20(25)23-11-10-15(12-23)14-4-6-16(21)7-5-14/h4-9,13,15H,10-12H2,1-3H3/t15-/m0/s1. The van der Waals surface area contributed by atoms with Crippen LogP contribution in [0.2, 0.25) is 0 Å². The summed E-state index contributed by atoms with van der Waals surface area (Å²) in [5.41, 5.74) is 1.90. The number of amides is 1. The maximum absolute atomic E-state index is 13.1. The molecule has 0 saturated carbocycles. The molecule has 132 valence electrons. The van der Waals surface area contributed by atoms with E-state index in [-0.39, 0.29) is 34.7 Å². The van der Waals surface area contributed by atoms with Gasteiger partial charge in [0.25, 0.3) is 11.5 Å². The first-order valence-corrected chi connectivity index (χ1v) is 8.63. The van der Waals surface area contributed by atoms with Crippen LogP contribution in [-0.2, 0) is 7.05 Å². The first-order valence-electron chi connectivity index (χ1n) is 8.63. The van der Waals surface area contributed by atoms with E-state index in [0.29, 0.717) is 13.1 Å². The molecular formula is C20H23FN2O2. The van der Waals surface area contributed by atoms with Gasteiger partial charge in [0.2, 0.25) is 0 Å². The molecule has 1 saturated heterocycles. The summed E-state index contributed by atoms with van der Waals surface area (Å²) < 4.78 is 14.6. The molecule has 4 nitrogen and oxygen atoms in total. The van der Waals surface area contributed by atoms with E-state index in [4.69, 9.17) is 0 Å². The highest BCUT2D eigenvalue weighted by atomic mass is 19.1. The van der Waals surface area contributed by atoms with Crippen molar-refractivity contribution in [2.24, 2.45) is 7.05 Å². The molecule has 1 aromatic heterocycles. The lowest BCUT2D eigenvalue weighted by Crippen LogP contribution is -2.35. The number of hydrogen-bond acceptors (Lipinski definition) is 2. The van der Waals surface area contributed by atoms with Crippen LogP contribution in [0.25, 0.3) is 0 Å². The van der Waals surface area contributed by atoms with E-state index in [1.807, 2.05) is 19.9 Å². The number of likely N-dealkylation sites (tertiary alicyclic amines) is 1. The Morgan fingerprint density at radius 3 is 2.48 bits per heavy atom.